The van der Waals surface area contributed by atoms with Crippen molar-refractivity contribution in [1.29, 1.82) is 0 Å². The van der Waals surface area contributed by atoms with Crippen LogP contribution in [0.2, 0.25) is 0 Å². The van der Waals surface area contributed by atoms with E-state index in [0.717, 1.165) is 23.6 Å². The van der Waals surface area contributed by atoms with Crippen LogP contribution in [-0.2, 0) is 6.54 Å². The molecule has 0 atom stereocenters. The van der Waals surface area contributed by atoms with Crippen LogP contribution in [0, 0.1) is 6.92 Å². The maximum absolute atomic E-state index is 11.1. The van der Waals surface area contributed by atoms with Gasteiger partial charge >= 0.3 is 5.97 Å². The predicted molar refractivity (Wildman–Crippen MR) is 90.0 cm³/mol. The molecule has 0 unspecified atom stereocenters. The number of hydrogen-bond donors (Lipinski definition) is 2. The Bertz CT molecular complexity index is 811. The van der Waals surface area contributed by atoms with Crippen LogP contribution in [0.15, 0.2) is 42.6 Å². The molecule has 0 aliphatic heterocycles. The lowest BCUT2D eigenvalue weighted by atomic mass is 10.3. The molecule has 0 amide bonds. The molecule has 0 bridgehead atoms. The number of carboxylic acid groups (broad SMARTS) is 1. The molecule has 0 fully saturated rings. The standard InChI is InChI=1S/C16H16N4O2S/c1-11-14(16(21)22)23-15(18-11)13-7-9-20(19-13)10-8-17-12-5-3-2-4-6-12/h2-7,9,17H,8,10H2,1H3,(H,21,22). The van der Waals surface area contributed by atoms with Crippen molar-refractivity contribution >= 4 is 23.0 Å². The Labute approximate surface area is 137 Å². The zero-order valence-electron chi connectivity index (χ0n) is 12.6. The number of anilines is 1. The molecule has 0 spiro atoms. The van der Waals surface area contributed by atoms with E-state index >= 15 is 0 Å². The number of nitrogens with one attached hydrogen (secondary N) is 1. The summed E-state index contributed by atoms with van der Waals surface area (Å²) >= 11 is 1.15. The highest BCUT2D eigenvalue weighted by atomic mass is 32.1. The lowest BCUT2D eigenvalue weighted by molar-refractivity contribution is 0.0701. The SMILES string of the molecule is Cc1nc(-c2ccn(CCNc3ccccc3)n2)sc1C(=O)O. The summed E-state index contributed by atoms with van der Waals surface area (Å²) in [5.74, 6) is -0.947. The molecule has 23 heavy (non-hydrogen) atoms. The van der Waals surface area contributed by atoms with E-state index < -0.39 is 5.97 Å². The van der Waals surface area contributed by atoms with Crippen LogP contribution in [0.25, 0.3) is 10.7 Å². The van der Waals surface area contributed by atoms with Crippen LogP contribution >= 0.6 is 11.3 Å². The first-order chi connectivity index (χ1) is 11.1. The first-order valence-electron chi connectivity index (χ1n) is 7.17. The molecule has 3 rings (SSSR count). The Hall–Kier alpha value is -2.67. The van der Waals surface area contributed by atoms with Crippen molar-refractivity contribution in [3.05, 3.63) is 53.2 Å². The number of carboxylic acids is 1. The Morgan fingerprint density at radius 3 is 2.78 bits per heavy atom. The molecule has 0 radical (unpaired) electrons. The smallest absolute Gasteiger partial charge is 0.347 e. The average molecular weight is 328 g/mol. The molecule has 1 aromatic carbocycles. The molecule has 0 saturated heterocycles. The monoisotopic (exact) mass is 328 g/mol. The van der Waals surface area contributed by atoms with Gasteiger partial charge in [-0.05, 0) is 25.1 Å². The Balaban J connectivity index is 1.64. The number of carbonyl (C=O) groups is 1. The molecule has 7 heteroatoms. The minimum atomic E-state index is -0.947. The molecular formula is C16H16N4O2S. The number of rotatable bonds is 6. The second-order valence-corrected chi connectivity index (χ2v) is 5.99. The number of aryl methyl sites for hydroxylation is 1. The van der Waals surface area contributed by atoms with Crippen LogP contribution < -0.4 is 5.32 Å². The molecule has 0 saturated carbocycles. The van der Waals surface area contributed by atoms with E-state index in [1.165, 1.54) is 0 Å². The summed E-state index contributed by atoms with van der Waals surface area (Å²) in [7, 11) is 0. The fourth-order valence-electron chi connectivity index (χ4n) is 2.18. The number of thiazole rings is 1. The minimum absolute atomic E-state index is 0.264. The van der Waals surface area contributed by atoms with Crippen molar-refractivity contribution in [1.82, 2.24) is 14.8 Å². The summed E-state index contributed by atoms with van der Waals surface area (Å²) in [6.07, 6.45) is 1.87. The van der Waals surface area contributed by atoms with Gasteiger partial charge in [-0.25, -0.2) is 9.78 Å². The van der Waals surface area contributed by atoms with Crippen LogP contribution in [0.4, 0.5) is 5.69 Å². The molecule has 6 nitrogen and oxygen atoms in total. The highest BCUT2D eigenvalue weighted by Crippen LogP contribution is 2.26. The Morgan fingerprint density at radius 1 is 1.30 bits per heavy atom. The van der Waals surface area contributed by atoms with E-state index in [1.807, 2.05) is 47.3 Å². The molecule has 3 aromatic rings. The van der Waals surface area contributed by atoms with Gasteiger partial charge < -0.3 is 10.4 Å². The largest absolute Gasteiger partial charge is 0.477 e. The maximum atomic E-state index is 11.1. The number of benzene rings is 1. The molecule has 2 N–H and O–H groups in total. The lowest BCUT2D eigenvalue weighted by Crippen LogP contribution is -2.10. The van der Waals surface area contributed by atoms with Gasteiger partial charge in [0.25, 0.3) is 0 Å². The molecule has 2 aromatic heterocycles. The van der Waals surface area contributed by atoms with Gasteiger partial charge in [-0.3, -0.25) is 4.68 Å². The number of aromatic carboxylic acids is 1. The number of hydrogen-bond acceptors (Lipinski definition) is 5. The quantitative estimate of drug-likeness (QED) is 0.727. The highest BCUT2D eigenvalue weighted by Gasteiger charge is 2.16. The molecular weight excluding hydrogens is 312 g/mol. The second kappa shape index (κ2) is 6.62. The topological polar surface area (TPSA) is 80.0 Å². The third-order valence-corrected chi connectivity index (χ3v) is 4.46. The lowest BCUT2D eigenvalue weighted by Gasteiger charge is -2.05. The number of nitrogens with zero attached hydrogens (tertiary/aromatic N) is 3. The summed E-state index contributed by atoms with van der Waals surface area (Å²) < 4.78 is 1.82. The maximum Gasteiger partial charge on any atom is 0.347 e. The first-order valence-corrected chi connectivity index (χ1v) is 7.98. The molecule has 0 aliphatic rings. The van der Waals surface area contributed by atoms with E-state index in [0.29, 0.717) is 22.9 Å². The second-order valence-electron chi connectivity index (χ2n) is 5.00. The minimum Gasteiger partial charge on any atom is -0.477 e. The summed E-state index contributed by atoms with van der Waals surface area (Å²) in [5.41, 5.74) is 2.30. The van der Waals surface area contributed by atoms with Gasteiger partial charge in [0.15, 0.2) is 0 Å². The van der Waals surface area contributed by atoms with Gasteiger partial charge in [0.1, 0.15) is 15.6 Å². The van der Waals surface area contributed by atoms with E-state index in [2.05, 4.69) is 15.4 Å². The van der Waals surface area contributed by atoms with Gasteiger partial charge in [0.05, 0.1) is 12.2 Å². The van der Waals surface area contributed by atoms with Crippen molar-refractivity contribution in [2.24, 2.45) is 0 Å². The van der Waals surface area contributed by atoms with Crippen LogP contribution in [0.5, 0.6) is 0 Å². The Morgan fingerprint density at radius 2 is 2.09 bits per heavy atom. The van der Waals surface area contributed by atoms with E-state index in [-0.39, 0.29) is 4.88 Å². The van der Waals surface area contributed by atoms with Crippen molar-refractivity contribution in [2.75, 3.05) is 11.9 Å². The summed E-state index contributed by atoms with van der Waals surface area (Å²) in [4.78, 5) is 15.6. The van der Waals surface area contributed by atoms with Gasteiger partial charge in [-0.2, -0.15) is 5.10 Å². The molecule has 2 heterocycles. The fourth-order valence-corrected chi connectivity index (χ4v) is 3.05. The zero-order valence-corrected chi connectivity index (χ0v) is 13.4. The highest BCUT2D eigenvalue weighted by molar-refractivity contribution is 7.17. The van der Waals surface area contributed by atoms with Crippen molar-refractivity contribution in [3.63, 3.8) is 0 Å². The van der Waals surface area contributed by atoms with Gasteiger partial charge in [-0.1, -0.05) is 18.2 Å². The number of aromatic nitrogens is 3. The van der Waals surface area contributed by atoms with Crippen LogP contribution in [0.3, 0.4) is 0 Å². The summed E-state index contributed by atoms with van der Waals surface area (Å²) in [5, 5.41) is 17.5. The van der Waals surface area contributed by atoms with Gasteiger partial charge in [0, 0.05) is 18.4 Å². The van der Waals surface area contributed by atoms with E-state index in [9.17, 15) is 4.79 Å². The zero-order chi connectivity index (χ0) is 16.2. The van der Waals surface area contributed by atoms with Crippen molar-refractivity contribution < 1.29 is 9.90 Å². The normalized spacial score (nSPS) is 10.7. The van der Waals surface area contributed by atoms with Gasteiger partial charge in [0.2, 0.25) is 0 Å². The third kappa shape index (κ3) is 3.57. The van der Waals surface area contributed by atoms with E-state index in [1.54, 1.807) is 6.92 Å². The first kappa shape index (κ1) is 15.2. The molecule has 118 valence electrons. The molecule has 0 aliphatic carbocycles. The summed E-state index contributed by atoms with van der Waals surface area (Å²) in [6.45, 7) is 3.16. The van der Waals surface area contributed by atoms with Crippen LogP contribution in [-0.4, -0.2) is 32.4 Å². The number of para-hydroxylation sites is 1. The predicted octanol–water partition coefficient (Wildman–Crippen LogP) is 3.13. The average Bonchev–Trinajstić information content (AvgIpc) is 3.15. The Kier molecular flexibility index (Phi) is 4.38. The van der Waals surface area contributed by atoms with E-state index in [4.69, 9.17) is 5.11 Å². The van der Waals surface area contributed by atoms with Gasteiger partial charge in [-0.15, -0.1) is 11.3 Å². The van der Waals surface area contributed by atoms with Crippen LogP contribution in [0.1, 0.15) is 15.4 Å². The fraction of sp³-hybridized carbons (Fsp3) is 0.188. The third-order valence-electron chi connectivity index (χ3n) is 3.29. The summed E-state index contributed by atoms with van der Waals surface area (Å²) in [6, 6.07) is 11.8. The van der Waals surface area contributed by atoms with Crippen molar-refractivity contribution in [2.45, 2.75) is 13.5 Å². The van der Waals surface area contributed by atoms with Crippen molar-refractivity contribution in [3.8, 4) is 10.7 Å².